The Morgan fingerprint density at radius 3 is 2.71 bits per heavy atom. The maximum atomic E-state index is 11.1. The van der Waals surface area contributed by atoms with Gasteiger partial charge >= 0.3 is 5.97 Å². The Balaban J connectivity index is 3.59. The van der Waals surface area contributed by atoms with E-state index >= 15 is 0 Å². The van der Waals surface area contributed by atoms with Crippen molar-refractivity contribution in [3.63, 3.8) is 0 Å². The Bertz CT molecular complexity index is 196. The van der Waals surface area contributed by atoms with Crippen LogP contribution in [0.1, 0.15) is 12.8 Å². The fourth-order valence-electron chi connectivity index (χ4n) is 0.873. The van der Waals surface area contributed by atoms with Crippen LogP contribution >= 0.6 is 0 Å². The first-order chi connectivity index (χ1) is 6.57. The Labute approximate surface area is 82.4 Å². The molecule has 0 spiro atoms. The summed E-state index contributed by atoms with van der Waals surface area (Å²) in [4.78, 5) is 21.2. The van der Waals surface area contributed by atoms with E-state index in [1.54, 1.807) is 7.11 Å². The molecule has 14 heavy (non-hydrogen) atoms. The number of hydrogen-bond acceptors (Lipinski definition) is 4. The molecule has 0 heterocycles. The lowest BCUT2D eigenvalue weighted by Crippen LogP contribution is -2.42. The highest BCUT2D eigenvalue weighted by molar-refractivity contribution is 5.84. The molecule has 0 saturated carbocycles. The molecule has 0 saturated heterocycles. The lowest BCUT2D eigenvalue weighted by atomic mass is 10.1. The zero-order chi connectivity index (χ0) is 11.0. The number of nitrogens with one attached hydrogen (secondary N) is 1. The standard InChI is InChI=1S/C8H16N2O4/c1-14-4-2-3-6(9)8(13)10-5-7(11)12/h6H,2-5,9H2,1H3,(H,10,13)(H,11,12). The summed E-state index contributed by atoms with van der Waals surface area (Å²) in [6, 6.07) is -0.663. The lowest BCUT2D eigenvalue weighted by molar-refractivity contribution is -0.138. The molecule has 0 aliphatic carbocycles. The number of carbonyl (C=O) groups is 2. The second kappa shape index (κ2) is 7.28. The van der Waals surface area contributed by atoms with Crippen molar-refractivity contribution < 1.29 is 19.4 Å². The second-order valence-electron chi connectivity index (χ2n) is 2.85. The predicted molar refractivity (Wildman–Crippen MR) is 49.7 cm³/mol. The maximum Gasteiger partial charge on any atom is 0.322 e. The minimum absolute atomic E-state index is 0.392. The van der Waals surface area contributed by atoms with Crippen molar-refractivity contribution in [2.24, 2.45) is 5.73 Å². The summed E-state index contributed by atoms with van der Waals surface area (Å²) in [6.07, 6.45) is 1.16. The van der Waals surface area contributed by atoms with E-state index in [0.717, 1.165) is 0 Å². The van der Waals surface area contributed by atoms with Gasteiger partial charge in [0.1, 0.15) is 6.54 Å². The van der Waals surface area contributed by atoms with Crippen molar-refractivity contribution in [2.45, 2.75) is 18.9 Å². The van der Waals surface area contributed by atoms with Crippen molar-refractivity contribution in [1.82, 2.24) is 5.32 Å². The van der Waals surface area contributed by atoms with Gasteiger partial charge in [-0.05, 0) is 12.8 Å². The van der Waals surface area contributed by atoms with E-state index in [0.29, 0.717) is 19.4 Å². The molecule has 82 valence electrons. The van der Waals surface area contributed by atoms with E-state index < -0.39 is 24.5 Å². The number of aliphatic carboxylic acids is 1. The van der Waals surface area contributed by atoms with Crippen LogP contribution in [-0.4, -0.2) is 43.3 Å². The largest absolute Gasteiger partial charge is 0.480 e. The van der Waals surface area contributed by atoms with Crippen LogP contribution in [0.5, 0.6) is 0 Å². The van der Waals surface area contributed by atoms with E-state index in [2.05, 4.69) is 5.32 Å². The highest BCUT2D eigenvalue weighted by Crippen LogP contribution is 1.94. The molecule has 0 rings (SSSR count). The molecular weight excluding hydrogens is 188 g/mol. The number of rotatable bonds is 7. The molecule has 0 bridgehead atoms. The molecule has 0 aromatic rings. The van der Waals surface area contributed by atoms with Crippen molar-refractivity contribution in [1.29, 1.82) is 0 Å². The minimum Gasteiger partial charge on any atom is -0.480 e. The Kier molecular flexibility index (Phi) is 6.69. The predicted octanol–water partition coefficient (Wildman–Crippen LogP) is -1.06. The highest BCUT2D eigenvalue weighted by atomic mass is 16.5. The van der Waals surface area contributed by atoms with Crippen LogP contribution in [-0.2, 0) is 14.3 Å². The number of amides is 1. The third-order valence-electron chi connectivity index (χ3n) is 1.61. The molecule has 0 fully saturated rings. The zero-order valence-corrected chi connectivity index (χ0v) is 8.16. The molecule has 0 radical (unpaired) electrons. The first kappa shape index (κ1) is 12.9. The summed E-state index contributed by atoms with van der Waals surface area (Å²) in [5.41, 5.74) is 5.48. The van der Waals surface area contributed by atoms with Gasteiger partial charge in [0, 0.05) is 13.7 Å². The molecule has 1 atom stereocenters. The van der Waals surface area contributed by atoms with Gasteiger partial charge in [0.2, 0.25) is 5.91 Å². The third-order valence-corrected chi connectivity index (χ3v) is 1.61. The summed E-state index contributed by atoms with van der Waals surface area (Å²) in [7, 11) is 1.57. The fourth-order valence-corrected chi connectivity index (χ4v) is 0.873. The van der Waals surface area contributed by atoms with E-state index in [9.17, 15) is 9.59 Å². The molecule has 0 aliphatic heterocycles. The number of methoxy groups -OCH3 is 1. The van der Waals surface area contributed by atoms with E-state index in [1.807, 2.05) is 0 Å². The Morgan fingerprint density at radius 2 is 2.21 bits per heavy atom. The van der Waals surface area contributed by atoms with Gasteiger partial charge in [0.05, 0.1) is 6.04 Å². The monoisotopic (exact) mass is 204 g/mol. The van der Waals surface area contributed by atoms with Crippen LogP contribution in [0.25, 0.3) is 0 Å². The topological polar surface area (TPSA) is 102 Å². The van der Waals surface area contributed by atoms with Gasteiger partial charge in [0.25, 0.3) is 0 Å². The minimum atomic E-state index is -1.08. The number of carboxylic acids is 1. The van der Waals surface area contributed by atoms with Crippen LogP contribution in [0.15, 0.2) is 0 Å². The lowest BCUT2D eigenvalue weighted by Gasteiger charge is -2.10. The molecule has 1 amide bonds. The van der Waals surface area contributed by atoms with Crippen LogP contribution in [0, 0.1) is 0 Å². The molecule has 0 aliphatic rings. The van der Waals surface area contributed by atoms with Gasteiger partial charge in [-0.25, -0.2) is 0 Å². The van der Waals surface area contributed by atoms with Crippen LogP contribution in [0.3, 0.4) is 0 Å². The third kappa shape index (κ3) is 6.38. The van der Waals surface area contributed by atoms with Gasteiger partial charge in [-0.1, -0.05) is 0 Å². The Hall–Kier alpha value is -1.14. The first-order valence-electron chi connectivity index (χ1n) is 4.32. The number of nitrogens with two attached hydrogens (primary N) is 1. The summed E-state index contributed by atoms with van der Waals surface area (Å²) in [5, 5.41) is 10.5. The normalized spacial score (nSPS) is 12.1. The van der Waals surface area contributed by atoms with Gasteiger partial charge in [-0.15, -0.1) is 0 Å². The molecule has 4 N–H and O–H groups in total. The summed E-state index contributed by atoms with van der Waals surface area (Å²) >= 11 is 0. The van der Waals surface area contributed by atoms with Crippen molar-refractivity contribution in [2.75, 3.05) is 20.3 Å². The summed E-state index contributed by atoms with van der Waals surface area (Å²) in [6.45, 7) is 0.150. The van der Waals surface area contributed by atoms with E-state index in [-0.39, 0.29) is 0 Å². The highest BCUT2D eigenvalue weighted by Gasteiger charge is 2.13. The molecule has 1 unspecified atom stereocenters. The number of ether oxygens (including phenoxy) is 1. The van der Waals surface area contributed by atoms with E-state index in [4.69, 9.17) is 15.6 Å². The second-order valence-corrected chi connectivity index (χ2v) is 2.85. The SMILES string of the molecule is COCCCC(N)C(=O)NCC(=O)O. The number of carboxylic acid groups (broad SMARTS) is 1. The van der Waals surface area contributed by atoms with Crippen molar-refractivity contribution in [3.05, 3.63) is 0 Å². The van der Waals surface area contributed by atoms with E-state index in [1.165, 1.54) is 0 Å². The zero-order valence-electron chi connectivity index (χ0n) is 8.16. The first-order valence-corrected chi connectivity index (χ1v) is 4.32. The molecule has 0 aromatic heterocycles. The molecular formula is C8H16N2O4. The number of carbonyl (C=O) groups excluding carboxylic acids is 1. The van der Waals surface area contributed by atoms with Gasteiger partial charge in [-0.2, -0.15) is 0 Å². The van der Waals surface area contributed by atoms with Gasteiger partial charge < -0.3 is 20.9 Å². The fraction of sp³-hybridized carbons (Fsp3) is 0.750. The van der Waals surface area contributed by atoms with Gasteiger partial charge in [-0.3, -0.25) is 9.59 Å². The Morgan fingerprint density at radius 1 is 1.57 bits per heavy atom. The van der Waals surface area contributed by atoms with Gasteiger partial charge in [0.15, 0.2) is 0 Å². The quantitative estimate of drug-likeness (QED) is 0.459. The average molecular weight is 204 g/mol. The summed E-state index contributed by atoms with van der Waals surface area (Å²) in [5.74, 6) is -1.52. The number of hydrogen-bond donors (Lipinski definition) is 3. The van der Waals surface area contributed by atoms with Crippen LogP contribution < -0.4 is 11.1 Å². The summed E-state index contributed by atoms with van der Waals surface area (Å²) < 4.78 is 4.79. The molecule has 6 heteroatoms. The maximum absolute atomic E-state index is 11.1. The van der Waals surface area contributed by atoms with Crippen molar-refractivity contribution in [3.8, 4) is 0 Å². The molecule has 0 aromatic carbocycles. The smallest absolute Gasteiger partial charge is 0.322 e. The van der Waals surface area contributed by atoms with Crippen LogP contribution in [0.2, 0.25) is 0 Å². The van der Waals surface area contributed by atoms with Crippen molar-refractivity contribution >= 4 is 11.9 Å². The van der Waals surface area contributed by atoms with Crippen LogP contribution in [0.4, 0.5) is 0 Å². The molecule has 6 nitrogen and oxygen atoms in total. The average Bonchev–Trinajstić information content (AvgIpc) is 2.14.